The number of carbonyl (C=O) groups excluding carboxylic acids is 1. The van der Waals surface area contributed by atoms with E-state index in [1.165, 1.54) is 30.5 Å². The number of ketones is 1. The molecule has 44 heteroatoms. The van der Waals surface area contributed by atoms with Crippen LogP contribution in [0.25, 0.3) is 44.5 Å². The summed E-state index contributed by atoms with van der Waals surface area (Å²) in [5.41, 5.74) is 20.4. The van der Waals surface area contributed by atoms with E-state index in [2.05, 4.69) is 67.4 Å². The number of nitrogens with one attached hydrogen (secondary N) is 1. The number of hydrogen-bond acceptors (Lipinski definition) is 29. The monoisotopic (exact) mass is 1400 g/mol. The van der Waals surface area contributed by atoms with E-state index in [1.807, 2.05) is 0 Å². The van der Waals surface area contributed by atoms with Gasteiger partial charge in [-0.15, -0.1) is 5.10 Å². The molecule has 2 aliphatic carbocycles. The first-order valence-corrected chi connectivity index (χ1v) is 37.8. The fourth-order valence-electron chi connectivity index (χ4n) is 11.9. The number of H-pyrrole nitrogens is 1. The number of rotatable bonds is 5. The van der Waals surface area contributed by atoms with Crippen molar-refractivity contribution in [3.63, 3.8) is 0 Å². The van der Waals surface area contributed by atoms with Crippen LogP contribution in [0.3, 0.4) is 0 Å². The molecule has 6 fully saturated rings. The van der Waals surface area contributed by atoms with Crippen molar-refractivity contribution in [1.29, 1.82) is 0 Å². The van der Waals surface area contributed by atoms with Crippen LogP contribution in [0, 0.1) is 30.6 Å². The van der Waals surface area contributed by atoms with Crippen molar-refractivity contribution in [3.8, 4) is 0 Å². The van der Waals surface area contributed by atoms with Crippen molar-refractivity contribution in [1.82, 2.24) is 73.6 Å². The topological polar surface area (TPSA) is 447 Å². The van der Waals surface area contributed by atoms with E-state index >= 15 is 8.78 Å². The minimum absolute atomic E-state index is 0.0245. The number of aryl methyl sites for hydroxylation is 1. The van der Waals surface area contributed by atoms with Crippen LogP contribution in [-0.4, -0.2) is 170 Å². The second-order valence-electron chi connectivity index (χ2n) is 21.9. The van der Waals surface area contributed by atoms with Gasteiger partial charge >= 0.3 is 27.0 Å². The van der Waals surface area contributed by atoms with E-state index in [1.54, 1.807) is 40.6 Å². The number of nitrogens with zero attached hydrogens (tertiary/aromatic N) is 14. The van der Waals surface area contributed by atoms with Crippen molar-refractivity contribution in [2.24, 2.45) is 23.7 Å². The molecular formula is C46H54F2N18O16P4S4. The Morgan fingerprint density at radius 3 is 1.92 bits per heavy atom. The molecule has 8 aromatic rings. The van der Waals surface area contributed by atoms with Crippen molar-refractivity contribution < 1.29 is 78.5 Å². The first-order valence-electron chi connectivity index (χ1n) is 27.3. The van der Waals surface area contributed by atoms with Crippen LogP contribution < -0.4 is 22.8 Å². The number of thiol groups is 1. The summed E-state index contributed by atoms with van der Waals surface area (Å²) in [6.07, 6.45) is -5.36. The molecule has 2 saturated carbocycles. The van der Waals surface area contributed by atoms with Gasteiger partial charge in [0, 0.05) is 29.5 Å². The molecule has 10 N–H and O–H groups in total. The Balaban J connectivity index is 0.000000165. The van der Waals surface area contributed by atoms with Gasteiger partial charge < -0.3 is 77.6 Å². The summed E-state index contributed by atoms with van der Waals surface area (Å²) in [6.45, 7) is -14.1. The molecule has 6 aliphatic rings. The number of alkyl halides is 2. The van der Waals surface area contributed by atoms with Gasteiger partial charge in [-0.3, -0.25) is 28.2 Å². The number of carbonyl (C=O) groups is 1. The van der Waals surface area contributed by atoms with Crippen LogP contribution in [0.15, 0.2) is 48.3 Å². The summed E-state index contributed by atoms with van der Waals surface area (Å²) in [7, 11) is 0. The summed E-state index contributed by atoms with van der Waals surface area (Å²) in [5.74, 6) is -1.48. The number of nitrogens with two attached hydrogens (primary N) is 3. The van der Waals surface area contributed by atoms with Crippen molar-refractivity contribution in [2.45, 2.75) is 88.0 Å². The zero-order chi connectivity index (χ0) is 63.5. The van der Waals surface area contributed by atoms with Crippen LogP contribution in [0.5, 0.6) is 0 Å². The number of imidazole rings is 3. The number of nitrogen functional groups attached to an aromatic ring is 3. The third kappa shape index (κ3) is 12.3. The molecule has 0 amide bonds. The minimum atomic E-state index is -4.19. The lowest BCUT2D eigenvalue weighted by atomic mass is 9.70. The number of benzene rings is 1. The van der Waals surface area contributed by atoms with Crippen LogP contribution in [-0.2, 0) is 85.6 Å². The number of ether oxygens (including phenoxy) is 2. The highest BCUT2D eigenvalue weighted by atomic mass is 32.7. The maximum atomic E-state index is 16.1. The number of Topliss-reactive ketones (excluding diaryl/α,β-unsaturated/α-hetero) is 1. The van der Waals surface area contributed by atoms with Gasteiger partial charge in [-0.2, -0.15) is 15.0 Å². The standard InChI is InChI=1S/C24H28FN9O8P2S2.C22H26FN9O8P2S2/c1-10(35)12-3-2-4-14-18(12)31-32-34(14)23-17(25)20-16(41-23)8-40-43(36,45)39-7-13-11(6-38-44(37,46)42-20)5-15(13)33-9-28-19-21(26)29-24(27)30-22(19)33;1-9-15-18(26-6-25-9)32(8-27-15)21-14(23)17-13(39-21)5-38-41(34,43)37-4-11-10(3-36-42(35,44)40-17)2-12(11)31-7-28-16-19(31)29-22(24)30-20(16)33/h2-4,9,11,13,15-17,20,23H,5-8H2,1H3,(H,36,45)(H,37,46)(H4,26,27,29,30);6-8,10-14,17,21H,2-5H2,1H3,(H,34,43)(H,35,44)(H3,24,29,30,33)/t11-,13?,15-,16-,17+,20-,23-,43?,44?;10-,11?,12-,13-,14+,17-,21-,41?,42?/m11/s1. The van der Waals surface area contributed by atoms with Crippen LogP contribution >= 0.6 is 39.2 Å². The molecule has 0 radical (unpaired) electrons. The lowest BCUT2D eigenvalue weighted by Crippen LogP contribution is -2.43. The van der Waals surface area contributed by atoms with Crippen LogP contribution in [0.2, 0.25) is 0 Å². The fraction of sp³-hybridized carbons (Fsp3) is 0.522. The van der Waals surface area contributed by atoms with Gasteiger partial charge in [0.15, 0.2) is 58.9 Å². The van der Waals surface area contributed by atoms with E-state index in [4.69, 9.17) is 98.3 Å². The Kier molecular flexibility index (Phi) is 17.3. The molecule has 1 aromatic carbocycles. The highest BCUT2D eigenvalue weighted by molar-refractivity contribution is 8.44. The van der Waals surface area contributed by atoms with Gasteiger partial charge in [0.2, 0.25) is 11.9 Å². The summed E-state index contributed by atoms with van der Waals surface area (Å²) in [4.78, 5) is 93.1. The van der Waals surface area contributed by atoms with E-state index in [9.17, 15) is 28.8 Å². The summed E-state index contributed by atoms with van der Waals surface area (Å²) < 4.78 is 109. The molecule has 0 spiro atoms. The van der Waals surface area contributed by atoms with Gasteiger partial charge in [-0.1, -0.05) is 23.5 Å². The Bertz CT molecular complexity index is 4400. The molecule has 90 heavy (non-hydrogen) atoms. The van der Waals surface area contributed by atoms with Crippen LogP contribution in [0.4, 0.5) is 26.5 Å². The smallest absolute Gasteiger partial charge is 0.382 e. The number of aromatic nitrogens is 15. The van der Waals surface area contributed by atoms with E-state index < -0.39 is 94.9 Å². The first-order chi connectivity index (χ1) is 42.7. The maximum Gasteiger partial charge on any atom is 0.386 e. The average molecular weight is 1410 g/mol. The Hall–Kier alpha value is -4.99. The SMILES string of the molecule is CC(=O)c1cccc2c1nnn2[C@@H]1O[C@@H]2COP(O)(=S)OCC3[C@@H](COP(=O)(S)O[C@H]2[C@@H]1F)C[C@H]3n1cnc2c(N)nc(N)nc21.Cc1ncnc2c1ncn2[C@@H]1O[C@@H]2COP(O)(=S)OCC3[C@@H](COP(O)(=S)O[C@H]2[C@@H]1F)C[C@H]3n1cnc2c(=O)[nH]c(N)nc21. The molecule has 4 saturated heterocycles. The van der Waals surface area contributed by atoms with Crippen LogP contribution in [0.1, 0.15) is 60.4 Å². The summed E-state index contributed by atoms with van der Waals surface area (Å²) in [5, 5.41) is 8.06. The van der Waals surface area contributed by atoms with Gasteiger partial charge in [-0.25, -0.2) is 42.9 Å². The van der Waals surface area contributed by atoms with E-state index in [-0.39, 0.29) is 102 Å². The number of aromatic amines is 1. The predicted octanol–water partition coefficient (Wildman–Crippen LogP) is 3.90. The third-order valence-electron chi connectivity index (χ3n) is 16.5. The van der Waals surface area contributed by atoms with Gasteiger partial charge in [0.1, 0.15) is 47.3 Å². The second-order valence-corrected chi connectivity index (χ2v) is 33.2. The third-order valence-corrected chi connectivity index (χ3v) is 22.8. The lowest BCUT2D eigenvalue weighted by Gasteiger charge is -2.45. The highest BCUT2D eigenvalue weighted by Gasteiger charge is 2.54. The number of fused-ring (bicyclic) bond motifs is 8. The molecule has 7 aromatic heterocycles. The average Bonchev–Trinajstić information content (AvgIpc) is 1.40. The zero-order valence-electron chi connectivity index (χ0n) is 46.6. The quantitative estimate of drug-likeness (QED) is 0.0688. The zero-order valence-corrected chi connectivity index (χ0v) is 53.6. The molecule has 11 heterocycles. The van der Waals surface area contributed by atoms with Gasteiger partial charge in [-0.05, 0) is 86.1 Å². The molecule has 4 aliphatic heterocycles. The molecule has 0 bridgehead atoms. The molecule has 6 unspecified atom stereocenters. The molecule has 34 nitrogen and oxygen atoms in total. The number of anilines is 3. The molecular weight excluding hydrogens is 1350 g/mol. The predicted molar refractivity (Wildman–Crippen MR) is 325 cm³/mol. The lowest BCUT2D eigenvalue weighted by molar-refractivity contribution is -0.0476. The van der Waals surface area contributed by atoms with E-state index in [0.29, 0.717) is 51.9 Å². The minimum Gasteiger partial charge on any atom is -0.382 e. The fourth-order valence-corrected chi connectivity index (χ4v) is 17.2. The number of halogens is 2. The Labute approximate surface area is 525 Å². The number of hydrogen-bond donors (Lipinski definition) is 8. The Morgan fingerprint density at radius 1 is 0.689 bits per heavy atom. The molecule has 482 valence electrons. The summed E-state index contributed by atoms with van der Waals surface area (Å²) in [6, 6.07) is 4.20. The maximum absolute atomic E-state index is 16.1. The summed E-state index contributed by atoms with van der Waals surface area (Å²) >= 11 is 19.9. The van der Waals surface area contributed by atoms with Crippen molar-refractivity contribution >= 4 is 143 Å². The second kappa shape index (κ2) is 24.4. The largest absolute Gasteiger partial charge is 0.386 e. The van der Waals surface area contributed by atoms with Crippen molar-refractivity contribution in [2.75, 3.05) is 56.8 Å². The molecule has 14 rings (SSSR count). The van der Waals surface area contributed by atoms with E-state index in [0.717, 1.165) is 4.68 Å². The van der Waals surface area contributed by atoms with Gasteiger partial charge in [0.05, 0.1) is 69.8 Å². The van der Waals surface area contributed by atoms with Crippen molar-refractivity contribution in [3.05, 3.63) is 65.1 Å². The highest BCUT2D eigenvalue weighted by Crippen LogP contribution is 2.60. The first kappa shape index (κ1) is 63.8. The normalized spacial score (nSPS) is 36.0. The Morgan fingerprint density at radius 2 is 1.26 bits per heavy atom. The molecule has 18 atom stereocenters. The van der Waals surface area contributed by atoms with Gasteiger partial charge in [0.25, 0.3) is 5.56 Å².